The molecule has 1 aliphatic rings. The summed E-state index contributed by atoms with van der Waals surface area (Å²) in [4.78, 5) is 14.2. The Morgan fingerprint density at radius 1 is 1.38 bits per heavy atom. The van der Waals surface area contributed by atoms with E-state index in [9.17, 15) is 13.6 Å². The van der Waals surface area contributed by atoms with Crippen LogP contribution < -0.4 is 10.6 Å². The number of nitrogens with zero attached hydrogens (tertiary/aromatic N) is 2. The van der Waals surface area contributed by atoms with Crippen molar-refractivity contribution in [2.24, 2.45) is 11.7 Å². The van der Waals surface area contributed by atoms with Crippen molar-refractivity contribution in [3.8, 4) is 0 Å². The maximum Gasteiger partial charge on any atom is 0.407 e. The average Bonchev–Trinajstić information content (AvgIpc) is 2.45. The summed E-state index contributed by atoms with van der Waals surface area (Å²) in [5.74, 6) is -0.639. The van der Waals surface area contributed by atoms with Gasteiger partial charge in [0, 0.05) is 31.7 Å². The SMILES string of the molecule is CN(C(=O)O)C(C)(C)CC1CN(c2cc(F)c(CCN)cc2F)C1. The van der Waals surface area contributed by atoms with Crippen molar-refractivity contribution in [1.29, 1.82) is 0 Å². The van der Waals surface area contributed by atoms with E-state index in [-0.39, 0.29) is 18.2 Å². The van der Waals surface area contributed by atoms with Crippen molar-refractivity contribution in [2.75, 3.05) is 31.6 Å². The Hall–Kier alpha value is -1.89. The zero-order chi connectivity index (χ0) is 18.1. The van der Waals surface area contributed by atoms with Gasteiger partial charge in [0.15, 0.2) is 0 Å². The fourth-order valence-electron chi connectivity index (χ4n) is 3.16. The summed E-state index contributed by atoms with van der Waals surface area (Å²) in [6.07, 6.45) is 0.00281. The van der Waals surface area contributed by atoms with Crippen LogP contribution in [0.5, 0.6) is 0 Å². The highest BCUT2D eigenvalue weighted by molar-refractivity contribution is 5.65. The third kappa shape index (κ3) is 3.77. The Morgan fingerprint density at radius 3 is 2.54 bits per heavy atom. The molecule has 2 rings (SSSR count). The quantitative estimate of drug-likeness (QED) is 0.835. The largest absolute Gasteiger partial charge is 0.465 e. The van der Waals surface area contributed by atoms with Gasteiger partial charge in [-0.25, -0.2) is 13.6 Å². The minimum absolute atomic E-state index is 0.243. The smallest absolute Gasteiger partial charge is 0.407 e. The molecule has 1 saturated heterocycles. The highest BCUT2D eigenvalue weighted by Crippen LogP contribution is 2.34. The van der Waals surface area contributed by atoms with E-state index < -0.39 is 23.3 Å². The zero-order valence-electron chi connectivity index (χ0n) is 14.4. The Labute approximate surface area is 141 Å². The highest BCUT2D eigenvalue weighted by atomic mass is 19.1. The predicted molar refractivity (Wildman–Crippen MR) is 89.3 cm³/mol. The van der Waals surface area contributed by atoms with E-state index in [0.717, 1.165) is 0 Å². The Bertz CT molecular complexity index is 616. The first-order valence-corrected chi connectivity index (χ1v) is 8.05. The molecular weight excluding hydrogens is 316 g/mol. The molecule has 0 radical (unpaired) electrons. The summed E-state index contributed by atoms with van der Waals surface area (Å²) in [5, 5.41) is 9.10. The number of carboxylic acid groups (broad SMARTS) is 1. The van der Waals surface area contributed by atoms with E-state index in [0.29, 0.717) is 31.5 Å². The number of hydrogen-bond acceptors (Lipinski definition) is 3. The van der Waals surface area contributed by atoms with Gasteiger partial charge in [-0.2, -0.15) is 0 Å². The molecular formula is C17H25F2N3O2. The average molecular weight is 341 g/mol. The van der Waals surface area contributed by atoms with Gasteiger partial charge in [-0.05, 0) is 50.8 Å². The lowest BCUT2D eigenvalue weighted by atomic mass is 9.84. The van der Waals surface area contributed by atoms with Crippen LogP contribution in [-0.2, 0) is 6.42 Å². The molecule has 1 aromatic carbocycles. The molecule has 3 N–H and O–H groups in total. The predicted octanol–water partition coefficient (Wildman–Crippen LogP) is 2.68. The molecule has 7 heteroatoms. The molecule has 0 bridgehead atoms. The fraction of sp³-hybridized carbons (Fsp3) is 0.588. The molecule has 0 atom stereocenters. The van der Waals surface area contributed by atoms with Crippen molar-refractivity contribution in [1.82, 2.24) is 4.90 Å². The van der Waals surface area contributed by atoms with Gasteiger partial charge >= 0.3 is 6.09 Å². The molecule has 0 unspecified atom stereocenters. The van der Waals surface area contributed by atoms with Gasteiger partial charge in [0.2, 0.25) is 0 Å². The van der Waals surface area contributed by atoms with Crippen LogP contribution in [0.3, 0.4) is 0 Å². The van der Waals surface area contributed by atoms with Crippen LogP contribution in [-0.4, -0.2) is 48.3 Å². The van der Waals surface area contributed by atoms with E-state index in [1.807, 2.05) is 13.8 Å². The lowest BCUT2D eigenvalue weighted by Gasteiger charge is -2.46. The second-order valence-electron chi connectivity index (χ2n) is 7.06. The molecule has 1 heterocycles. The summed E-state index contributed by atoms with van der Waals surface area (Å²) in [7, 11) is 1.55. The Morgan fingerprint density at radius 2 is 2.00 bits per heavy atom. The first kappa shape index (κ1) is 18.4. The third-order valence-corrected chi connectivity index (χ3v) is 4.81. The molecule has 1 aliphatic heterocycles. The number of rotatable bonds is 6. The lowest BCUT2D eigenvalue weighted by Crippen LogP contribution is -2.53. The van der Waals surface area contributed by atoms with Crippen molar-refractivity contribution < 1.29 is 18.7 Å². The molecule has 5 nitrogen and oxygen atoms in total. The fourth-order valence-corrected chi connectivity index (χ4v) is 3.16. The van der Waals surface area contributed by atoms with Crippen LogP contribution in [0.2, 0.25) is 0 Å². The second-order valence-corrected chi connectivity index (χ2v) is 7.06. The summed E-state index contributed by atoms with van der Waals surface area (Å²) in [6.45, 7) is 5.18. The number of amides is 1. The number of halogens is 2. The normalized spacial score (nSPS) is 15.3. The monoisotopic (exact) mass is 341 g/mol. The van der Waals surface area contributed by atoms with Crippen LogP contribution in [0.4, 0.5) is 19.3 Å². The molecule has 0 spiro atoms. The molecule has 1 amide bonds. The van der Waals surface area contributed by atoms with Gasteiger partial charge < -0.3 is 20.6 Å². The number of nitrogens with two attached hydrogens (primary N) is 1. The van der Waals surface area contributed by atoms with Gasteiger partial charge in [0.05, 0.1) is 5.69 Å². The van der Waals surface area contributed by atoms with Crippen molar-refractivity contribution in [2.45, 2.75) is 32.2 Å². The van der Waals surface area contributed by atoms with E-state index in [1.165, 1.54) is 17.0 Å². The van der Waals surface area contributed by atoms with E-state index in [4.69, 9.17) is 10.8 Å². The van der Waals surface area contributed by atoms with Gasteiger partial charge in [-0.15, -0.1) is 0 Å². The zero-order valence-corrected chi connectivity index (χ0v) is 14.4. The Kier molecular flexibility index (Phi) is 5.32. The van der Waals surface area contributed by atoms with Crippen LogP contribution in [0.1, 0.15) is 25.8 Å². The van der Waals surface area contributed by atoms with Crippen LogP contribution in [0, 0.1) is 17.6 Å². The van der Waals surface area contributed by atoms with Gasteiger partial charge in [0.1, 0.15) is 11.6 Å². The summed E-state index contributed by atoms with van der Waals surface area (Å²) < 4.78 is 28.2. The number of carbonyl (C=O) groups is 1. The van der Waals surface area contributed by atoms with Gasteiger partial charge in [-0.1, -0.05) is 0 Å². The molecule has 24 heavy (non-hydrogen) atoms. The van der Waals surface area contributed by atoms with Crippen LogP contribution >= 0.6 is 0 Å². The number of hydrogen-bond donors (Lipinski definition) is 2. The third-order valence-electron chi connectivity index (χ3n) is 4.81. The topological polar surface area (TPSA) is 69.8 Å². The number of benzene rings is 1. The summed E-state index contributed by atoms with van der Waals surface area (Å²) in [5.41, 5.74) is 5.44. The van der Waals surface area contributed by atoms with Crippen molar-refractivity contribution in [3.05, 3.63) is 29.3 Å². The molecule has 0 aromatic heterocycles. The first-order chi connectivity index (χ1) is 11.2. The van der Waals surface area contributed by atoms with Gasteiger partial charge in [-0.3, -0.25) is 0 Å². The molecule has 1 aromatic rings. The van der Waals surface area contributed by atoms with Crippen molar-refractivity contribution in [3.63, 3.8) is 0 Å². The summed E-state index contributed by atoms with van der Waals surface area (Å²) in [6, 6.07) is 2.44. The van der Waals surface area contributed by atoms with Crippen molar-refractivity contribution >= 4 is 11.8 Å². The highest BCUT2D eigenvalue weighted by Gasteiger charge is 2.37. The minimum atomic E-state index is -0.972. The minimum Gasteiger partial charge on any atom is -0.465 e. The maximum atomic E-state index is 14.2. The van der Waals surface area contributed by atoms with Crippen LogP contribution in [0.25, 0.3) is 0 Å². The van der Waals surface area contributed by atoms with Crippen LogP contribution in [0.15, 0.2) is 12.1 Å². The standard InChI is InChI=1S/C17H25F2N3O2/c1-17(2,21(3)16(23)24)8-11-9-22(10-11)15-7-13(18)12(4-5-20)6-14(15)19/h6-7,11H,4-5,8-10,20H2,1-3H3,(H,23,24). The molecule has 134 valence electrons. The molecule has 0 saturated carbocycles. The first-order valence-electron chi connectivity index (χ1n) is 8.05. The van der Waals surface area contributed by atoms with E-state index in [1.54, 1.807) is 11.9 Å². The summed E-state index contributed by atoms with van der Waals surface area (Å²) >= 11 is 0. The second kappa shape index (κ2) is 6.93. The Balaban J connectivity index is 2.00. The lowest BCUT2D eigenvalue weighted by molar-refractivity contribution is 0.0927. The van der Waals surface area contributed by atoms with E-state index >= 15 is 0 Å². The van der Waals surface area contributed by atoms with E-state index in [2.05, 4.69) is 0 Å². The number of anilines is 1. The van der Waals surface area contributed by atoms with Gasteiger partial charge in [0.25, 0.3) is 0 Å². The maximum absolute atomic E-state index is 14.2. The molecule has 1 fully saturated rings. The molecule has 0 aliphatic carbocycles.